The van der Waals surface area contributed by atoms with Crippen LogP contribution in [0.15, 0.2) is 54.7 Å². The normalized spacial score (nSPS) is 20.4. The number of likely N-dealkylation sites (tertiary alicyclic amines) is 1. The monoisotopic (exact) mass is 566 g/mol. The summed E-state index contributed by atoms with van der Waals surface area (Å²) in [7, 11) is 1.55. The smallest absolute Gasteiger partial charge is 0.413 e. The van der Waals surface area contributed by atoms with E-state index in [4.69, 9.17) is 18.9 Å². The first-order chi connectivity index (χ1) is 19.6. The number of benzene rings is 2. The molecule has 4 rings (SSSR count). The van der Waals surface area contributed by atoms with Crippen LogP contribution in [0.2, 0.25) is 0 Å². The summed E-state index contributed by atoms with van der Waals surface area (Å²) in [4.78, 5) is 43.1. The maximum Gasteiger partial charge on any atom is 0.413 e. The number of amides is 1. The largest absolute Gasteiger partial charge is 0.497 e. The zero-order valence-electron chi connectivity index (χ0n) is 23.7. The maximum absolute atomic E-state index is 14.9. The number of hydrogen-bond acceptors (Lipinski definition) is 8. The lowest BCUT2D eigenvalue weighted by atomic mass is 9.82. The van der Waals surface area contributed by atoms with Crippen molar-refractivity contribution < 1.29 is 37.7 Å². The topological polar surface area (TPSA) is 104 Å². The van der Waals surface area contributed by atoms with Crippen molar-refractivity contribution in [2.45, 2.75) is 64.9 Å². The van der Waals surface area contributed by atoms with Gasteiger partial charge in [-0.15, -0.1) is 0 Å². The number of carbonyl (C=O) groups is 3. The molecule has 1 fully saturated rings. The van der Waals surface area contributed by atoms with Crippen LogP contribution in [-0.4, -0.2) is 53.4 Å². The lowest BCUT2D eigenvalue weighted by Crippen LogP contribution is -2.66. The van der Waals surface area contributed by atoms with Crippen molar-refractivity contribution in [2.24, 2.45) is 5.92 Å². The third-order valence-corrected chi connectivity index (χ3v) is 7.42. The van der Waals surface area contributed by atoms with Gasteiger partial charge in [0.2, 0.25) is 5.72 Å². The van der Waals surface area contributed by atoms with Crippen molar-refractivity contribution in [1.29, 1.82) is 0 Å². The quantitative estimate of drug-likeness (QED) is 0.244. The highest BCUT2D eigenvalue weighted by Crippen LogP contribution is 2.39. The highest BCUT2D eigenvalue weighted by atomic mass is 19.1. The molecule has 0 aliphatic carbocycles. The minimum absolute atomic E-state index is 0.0320. The number of fused-ring (bicyclic) bond motifs is 1. The van der Waals surface area contributed by atoms with Crippen LogP contribution in [0.5, 0.6) is 5.75 Å². The Morgan fingerprint density at radius 1 is 1.10 bits per heavy atom. The number of nitrogens with zero attached hydrogens (tertiary/aromatic N) is 2. The summed E-state index contributed by atoms with van der Waals surface area (Å²) in [6.07, 6.45) is 1.49. The van der Waals surface area contributed by atoms with Crippen LogP contribution in [0.1, 0.15) is 51.2 Å². The number of pyridine rings is 1. The van der Waals surface area contributed by atoms with Crippen LogP contribution in [0.3, 0.4) is 0 Å². The maximum atomic E-state index is 14.9. The number of piperidine rings is 1. The van der Waals surface area contributed by atoms with Gasteiger partial charge in [-0.1, -0.05) is 30.3 Å². The molecule has 1 amide bonds. The van der Waals surface area contributed by atoms with Crippen molar-refractivity contribution in [1.82, 2.24) is 9.88 Å². The van der Waals surface area contributed by atoms with Gasteiger partial charge in [-0.3, -0.25) is 19.5 Å². The molecule has 0 spiro atoms. The SMILES string of the molecule is COc1ccc2ncc(F)c(CCCC3CCN(C(=O)OCc4ccccc4)C(C)(OC(C)=O)C3OC(C)=O)c2c1. The number of aryl methyl sites for hydroxylation is 1. The van der Waals surface area contributed by atoms with E-state index in [1.807, 2.05) is 30.3 Å². The first kappa shape index (κ1) is 29.8. The van der Waals surface area contributed by atoms with Crippen molar-refractivity contribution in [3.05, 3.63) is 71.7 Å². The zero-order chi connectivity index (χ0) is 29.6. The molecule has 41 heavy (non-hydrogen) atoms. The summed E-state index contributed by atoms with van der Waals surface area (Å²) in [5, 5.41) is 0.668. The van der Waals surface area contributed by atoms with Gasteiger partial charge in [-0.05, 0) is 61.9 Å². The lowest BCUT2D eigenvalue weighted by molar-refractivity contribution is -0.232. The van der Waals surface area contributed by atoms with Gasteiger partial charge >= 0.3 is 18.0 Å². The molecule has 0 N–H and O–H groups in total. The zero-order valence-corrected chi connectivity index (χ0v) is 23.7. The third-order valence-electron chi connectivity index (χ3n) is 7.42. The summed E-state index contributed by atoms with van der Waals surface area (Å²) in [6.45, 7) is 4.30. The number of halogens is 1. The number of esters is 2. The van der Waals surface area contributed by atoms with E-state index in [9.17, 15) is 18.8 Å². The molecule has 1 aromatic heterocycles. The summed E-state index contributed by atoms with van der Waals surface area (Å²) >= 11 is 0. The van der Waals surface area contributed by atoms with Gasteiger partial charge in [0.1, 0.15) is 18.2 Å². The second-order valence-electron chi connectivity index (χ2n) is 10.3. The predicted octanol–water partition coefficient (Wildman–Crippen LogP) is 5.57. The predicted molar refractivity (Wildman–Crippen MR) is 148 cm³/mol. The highest BCUT2D eigenvalue weighted by molar-refractivity contribution is 5.83. The van der Waals surface area contributed by atoms with Crippen LogP contribution in [0.4, 0.5) is 9.18 Å². The Morgan fingerprint density at radius 3 is 2.54 bits per heavy atom. The molecule has 1 saturated heterocycles. The second kappa shape index (κ2) is 13.0. The fraction of sp³-hybridized carbons (Fsp3) is 0.419. The van der Waals surface area contributed by atoms with E-state index in [1.165, 1.54) is 24.9 Å². The molecule has 9 nitrogen and oxygen atoms in total. The Bertz CT molecular complexity index is 1400. The van der Waals surface area contributed by atoms with E-state index < -0.39 is 35.7 Å². The van der Waals surface area contributed by atoms with Gasteiger partial charge in [-0.25, -0.2) is 9.18 Å². The molecule has 10 heteroatoms. The standard InChI is InChI=1S/C31H35FN2O7/c1-20(35)40-29-23(11-8-12-25-26-17-24(38-4)13-14-28(26)33-18-27(25)32)15-16-34(31(29,3)41-21(2)36)30(37)39-19-22-9-6-5-7-10-22/h5-7,9-10,13-14,17-18,23,29H,8,11-12,15-16,19H2,1-4H3. The van der Waals surface area contributed by atoms with E-state index in [-0.39, 0.29) is 19.1 Å². The number of rotatable bonds is 9. The van der Waals surface area contributed by atoms with Crippen LogP contribution in [-0.2, 0) is 36.8 Å². The van der Waals surface area contributed by atoms with Crippen LogP contribution in [0.25, 0.3) is 10.9 Å². The van der Waals surface area contributed by atoms with Crippen molar-refractivity contribution in [2.75, 3.05) is 13.7 Å². The minimum atomic E-state index is -1.60. The molecule has 218 valence electrons. The van der Waals surface area contributed by atoms with E-state index in [0.29, 0.717) is 47.9 Å². The van der Waals surface area contributed by atoms with Crippen LogP contribution < -0.4 is 4.74 Å². The number of ether oxygens (including phenoxy) is 4. The Hall–Kier alpha value is -4.21. The van der Waals surface area contributed by atoms with Crippen LogP contribution in [0, 0.1) is 11.7 Å². The molecular weight excluding hydrogens is 531 g/mol. The summed E-state index contributed by atoms with van der Waals surface area (Å²) in [5.74, 6) is -1.29. The third kappa shape index (κ3) is 6.93. The first-order valence-electron chi connectivity index (χ1n) is 13.6. The first-order valence-corrected chi connectivity index (χ1v) is 13.6. The molecule has 3 atom stereocenters. The summed E-state index contributed by atoms with van der Waals surface area (Å²) < 4.78 is 37.2. The van der Waals surface area contributed by atoms with E-state index in [2.05, 4.69) is 4.98 Å². The summed E-state index contributed by atoms with van der Waals surface area (Å²) in [5.41, 5.74) is 0.373. The Morgan fingerprint density at radius 2 is 1.85 bits per heavy atom. The molecule has 0 bridgehead atoms. The van der Waals surface area contributed by atoms with Gasteiger partial charge in [0.25, 0.3) is 0 Å². The molecule has 2 heterocycles. The van der Waals surface area contributed by atoms with Crippen LogP contribution >= 0.6 is 0 Å². The Balaban J connectivity index is 1.54. The van der Waals surface area contributed by atoms with E-state index in [0.717, 1.165) is 5.56 Å². The highest BCUT2D eigenvalue weighted by Gasteiger charge is 2.54. The summed E-state index contributed by atoms with van der Waals surface area (Å²) in [6, 6.07) is 14.5. The average Bonchev–Trinajstić information content (AvgIpc) is 2.94. The Kier molecular flexibility index (Phi) is 9.42. The Labute approximate surface area is 238 Å². The molecule has 3 unspecified atom stereocenters. The number of methoxy groups -OCH3 is 1. The van der Waals surface area contributed by atoms with Gasteiger partial charge in [0.15, 0.2) is 6.10 Å². The van der Waals surface area contributed by atoms with Crippen molar-refractivity contribution >= 4 is 28.9 Å². The van der Waals surface area contributed by atoms with Gasteiger partial charge < -0.3 is 18.9 Å². The lowest BCUT2D eigenvalue weighted by Gasteiger charge is -2.50. The fourth-order valence-electron chi connectivity index (χ4n) is 5.54. The van der Waals surface area contributed by atoms with Crippen molar-refractivity contribution in [3.63, 3.8) is 0 Å². The number of aromatic nitrogens is 1. The number of carbonyl (C=O) groups excluding carboxylic acids is 3. The fourth-order valence-corrected chi connectivity index (χ4v) is 5.54. The van der Waals surface area contributed by atoms with E-state index in [1.54, 1.807) is 32.2 Å². The molecule has 2 aromatic carbocycles. The second-order valence-corrected chi connectivity index (χ2v) is 10.3. The molecular formula is C31H35FN2O7. The van der Waals surface area contributed by atoms with Gasteiger partial charge in [-0.2, -0.15) is 0 Å². The molecule has 1 aliphatic rings. The molecule has 1 aliphatic heterocycles. The average molecular weight is 567 g/mol. The molecule has 3 aromatic rings. The van der Waals surface area contributed by atoms with Crippen molar-refractivity contribution in [3.8, 4) is 5.75 Å². The molecule has 0 radical (unpaired) electrons. The number of hydrogen-bond donors (Lipinski definition) is 0. The van der Waals surface area contributed by atoms with Gasteiger partial charge in [0, 0.05) is 31.7 Å². The minimum Gasteiger partial charge on any atom is -0.497 e. The molecule has 0 saturated carbocycles. The van der Waals surface area contributed by atoms with Gasteiger partial charge in [0.05, 0.1) is 18.8 Å². The van der Waals surface area contributed by atoms with E-state index >= 15 is 0 Å².